The van der Waals surface area contributed by atoms with Crippen molar-refractivity contribution in [1.29, 1.82) is 0 Å². The first-order valence-corrected chi connectivity index (χ1v) is 6.53. The maximum Gasteiger partial charge on any atom is 0.241 e. The van der Waals surface area contributed by atoms with Crippen molar-refractivity contribution in [2.75, 3.05) is 14.2 Å². The van der Waals surface area contributed by atoms with Crippen molar-refractivity contribution in [3.63, 3.8) is 0 Å². The topological polar surface area (TPSA) is 73.7 Å². The zero-order chi connectivity index (χ0) is 15.2. The molecule has 1 aliphatic heterocycles. The van der Waals surface area contributed by atoms with Gasteiger partial charge in [-0.15, -0.1) is 0 Å². The molecular weight excluding hydrogens is 260 g/mol. The summed E-state index contributed by atoms with van der Waals surface area (Å²) in [6.07, 6.45) is 1.88. The zero-order valence-corrected chi connectivity index (χ0v) is 12.9. The van der Waals surface area contributed by atoms with Gasteiger partial charge in [0.25, 0.3) is 0 Å². The summed E-state index contributed by atoms with van der Waals surface area (Å²) >= 11 is 0. The summed E-state index contributed by atoms with van der Waals surface area (Å²) in [5, 5.41) is 11.2. The van der Waals surface area contributed by atoms with Gasteiger partial charge in [0.2, 0.25) is 11.8 Å². The normalized spacial score (nSPS) is 27.4. The molecule has 1 fully saturated rings. The Morgan fingerprint density at radius 3 is 2.30 bits per heavy atom. The summed E-state index contributed by atoms with van der Waals surface area (Å²) in [7, 11) is 2.99. The van der Waals surface area contributed by atoms with E-state index in [0.29, 0.717) is 18.0 Å². The SMILES string of the molecule is COc1cnc(C2(O)CC(C)(C)OC2(C)C)c(OC)n1. The molecule has 1 unspecified atom stereocenters. The van der Waals surface area contributed by atoms with Crippen LogP contribution in [0.3, 0.4) is 0 Å². The number of rotatable bonds is 3. The van der Waals surface area contributed by atoms with Gasteiger partial charge in [0.05, 0.1) is 31.6 Å². The van der Waals surface area contributed by atoms with Gasteiger partial charge in [0.15, 0.2) is 0 Å². The number of aromatic nitrogens is 2. The van der Waals surface area contributed by atoms with E-state index in [2.05, 4.69) is 9.97 Å². The van der Waals surface area contributed by atoms with Crippen LogP contribution in [0.15, 0.2) is 6.20 Å². The molecule has 1 aliphatic rings. The maximum absolute atomic E-state index is 11.2. The number of hydrogen-bond donors (Lipinski definition) is 1. The number of ether oxygens (including phenoxy) is 3. The number of hydrogen-bond acceptors (Lipinski definition) is 6. The van der Waals surface area contributed by atoms with Crippen molar-refractivity contribution >= 4 is 0 Å². The fraction of sp³-hybridized carbons (Fsp3) is 0.714. The van der Waals surface area contributed by atoms with Gasteiger partial charge in [-0.25, -0.2) is 4.98 Å². The monoisotopic (exact) mass is 282 g/mol. The molecule has 1 atom stereocenters. The average molecular weight is 282 g/mol. The van der Waals surface area contributed by atoms with Crippen LogP contribution in [0.25, 0.3) is 0 Å². The molecule has 0 radical (unpaired) electrons. The second-order valence-electron chi connectivity index (χ2n) is 6.18. The lowest BCUT2D eigenvalue weighted by Gasteiger charge is -2.34. The molecule has 6 nitrogen and oxygen atoms in total. The quantitative estimate of drug-likeness (QED) is 0.909. The highest BCUT2D eigenvalue weighted by atomic mass is 16.6. The minimum atomic E-state index is -1.28. The van der Waals surface area contributed by atoms with Crippen molar-refractivity contribution in [2.45, 2.75) is 50.9 Å². The Morgan fingerprint density at radius 2 is 1.85 bits per heavy atom. The second kappa shape index (κ2) is 4.56. The summed E-state index contributed by atoms with van der Waals surface area (Å²) in [4.78, 5) is 8.48. The molecule has 0 aromatic carbocycles. The molecule has 2 rings (SSSR count). The standard InChI is InChI=1S/C14H22N2O4/c1-12(2)8-14(17,13(3,4)20-12)10-11(19-6)16-9(18-5)7-15-10/h7,17H,8H2,1-6H3. The first kappa shape index (κ1) is 15.0. The van der Waals surface area contributed by atoms with E-state index < -0.39 is 16.8 Å². The highest BCUT2D eigenvalue weighted by Crippen LogP contribution is 2.51. The third-order valence-electron chi connectivity index (χ3n) is 3.72. The van der Waals surface area contributed by atoms with Gasteiger partial charge in [-0.1, -0.05) is 0 Å². The molecule has 1 aromatic rings. The van der Waals surface area contributed by atoms with Gasteiger partial charge in [0.1, 0.15) is 11.3 Å². The van der Waals surface area contributed by atoms with E-state index in [1.54, 1.807) is 0 Å². The molecule has 1 aromatic heterocycles. The third-order valence-corrected chi connectivity index (χ3v) is 3.72. The van der Waals surface area contributed by atoms with Crippen LogP contribution in [0.1, 0.15) is 39.8 Å². The third kappa shape index (κ3) is 2.23. The molecule has 20 heavy (non-hydrogen) atoms. The van der Waals surface area contributed by atoms with Crippen LogP contribution in [-0.4, -0.2) is 40.5 Å². The van der Waals surface area contributed by atoms with Crippen LogP contribution in [0.2, 0.25) is 0 Å². The van der Waals surface area contributed by atoms with Gasteiger partial charge in [-0.2, -0.15) is 4.98 Å². The lowest BCUT2D eigenvalue weighted by atomic mass is 9.80. The van der Waals surface area contributed by atoms with Gasteiger partial charge in [-0.3, -0.25) is 0 Å². The fourth-order valence-corrected chi connectivity index (χ4v) is 2.89. The number of aliphatic hydroxyl groups is 1. The van der Waals surface area contributed by atoms with Gasteiger partial charge < -0.3 is 19.3 Å². The number of nitrogens with zero attached hydrogens (tertiary/aromatic N) is 2. The van der Waals surface area contributed by atoms with Crippen LogP contribution in [0, 0.1) is 0 Å². The van der Waals surface area contributed by atoms with Crippen LogP contribution in [0.4, 0.5) is 0 Å². The van der Waals surface area contributed by atoms with E-state index in [4.69, 9.17) is 14.2 Å². The Kier molecular flexibility index (Phi) is 3.42. The molecule has 112 valence electrons. The van der Waals surface area contributed by atoms with Gasteiger partial charge in [0, 0.05) is 6.42 Å². The highest BCUT2D eigenvalue weighted by Gasteiger charge is 2.59. The first-order chi connectivity index (χ1) is 9.15. The van der Waals surface area contributed by atoms with Crippen LogP contribution in [0.5, 0.6) is 11.8 Å². The van der Waals surface area contributed by atoms with E-state index >= 15 is 0 Å². The summed E-state index contributed by atoms with van der Waals surface area (Å²) in [5.74, 6) is 0.589. The number of methoxy groups -OCH3 is 2. The molecule has 1 N–H and O–H groups in total. The Bertz CT molecular complexity index is 516. The summed E-state index contributed by atoms with van der Waals surface area (Å²) < 4.78 is 16.2. The Morgan fingerprint density at radius 1 is 1.20 bits per heavy atom. The van der Waals surface area contributed by atoms with Crippen molar-refractivity contribution in [3.05, 3.63) is 11.9 Å². The molecule has 2 heterocycles. The zero-order valence-electron chi connectivity index (χ0n) is 12.9. The summed E-state index contributed by atoms with van der Waals surface area (Å²) in [6.45, 7) is 7.56. The van der Waals surface area contributed by atoms with Crippen molar-refractivity contribution in [1.82, 2.24) is 9.97 Å². The Labute approximate surface area is 119 Å². The second-order valence-corrected chi connectivity index (χ2v) is 6.18. The minimum Gasteiger partial charge on any atom is -0.480 e. The maximum atomic E-state index is 11.2. The molecular formula is C14H22N2O4. The molecule has 0 saturated carbocycles. The first-order valence-electron chi connectivity index (χ1n) is 6.53. The Balaban J connectivity index is 2.55. The molecule has 0 spiro atoms. The van der Waals surface area contributed by atoms with Gasteiger partial charge >= 0.3 is 0 Å². The van der Waals surface area contributed by atoms with Crippen molar-refractivity contribution < 1.29 is 19.3 Å². The molecule has 0 bridgehead atoms. The lowest BCUT2D eigenvalue weighted by Crippen LogP contribution is -2.44. The van der Waals surface area contributed by atoms with Gasteiger partial charge in [-0.05, 0) is 27.7 Å². The van der Waals surface area contributed by atoms with Crippen LogP contribution >= 0.6 is 0 Å². The van der Waals surface area contributed by atoms with E-state index in [9.17, 15) is 5.11 Å². The molecule has 0 amide bonds. The predicted molar refractivity (Wildman–Crippen MR) is 72.9 cm³/mol. The fourth-order valence-electron chi connectivity index (χ4n) is 2.89. The summed E-state index contributed by atoms with van der Waals surface area (Å²) in [6, 6.07) is 0. The smallest absolute Gasteiger partial charge is 0.241 e. The minimum absolute atomic E-state index is 0.251. The Hall–Kier alpha value is -1.40. The highest BCUT2D eigenvalue weighted by molar-refractivity contribution is 5.32. The predicted octanol–water partition coefficient (Wildman–Crippen LogP) is 1.66. The molecule has 1 saturated heterocycles. The van der Waals surface area contributed by atoms with E-state index in [-0.39, 0.29) is 5.88 Å². The van der Waals surface area contributed by atoms with E-state index in [1.807, 2.05) is 27.7 Å². The lowest BCUT2D eigenvalue weighted by molar-refractivity contribution is -0.132. The van der Waals surface area contributed by atoms with E-state index in [1.165, 1.54) is 20.4 Å². The van der Waals surface area contributed by atoms with Crippen LogP contribution < -0.4 is 9.47 Å². The van der Waals surface area contributed by atoms with Crippen LogP contribution in [-0.2, 0) is 10.3 Å². The average Bonchev–Trinajstić information content (AvgIpc) is 2.52. The van der Waals surface area contributed by atoms with Crippen molar-refractivity contribution in [2.24, 2.45) is 0 Å². The largest absolute Gasteiger partial charge is 0.480 e. The summed E-state index contributed by atoms with van der Waals surface area (Å²) in [5.41, 5.74) is -2.16. The molecule has 0 aliphatic carbocycles. The van der Waals surface area contributed by atoms with Crippen molar-refractivity contribution in [3.8, 4) is 11.8 Å². The molecule has 6 heteroatoms. The van der Waals surface area contributed by atoms with E-state index in [0.717, 1.165) is 0 Å².